The average Bonchev–Trinajstić information content (AvgIpc) is 2.64. The molecule has 2 rings (SSSR count). The lowest BCUT2D eigenvalue weighted by molar-refractivity contribution is 0.781. The standard InChI is InChI=1S/C13H17N3/c1-8(2)12-14-13(16-15-12)11-6-9(3)5-10(4)7-11/h5-8H,1-4H3,(H,14,15,16). The van der Waals surface area contributed by atoms with E-state index in [1.165, 1.54) is 11.1 Å². The zero-order valence-electron chi connectivity index (χ0n) is 10.2. The fourth-order valence-corrected chi connectivity index (χ4v) is 1.77. The van der Waals surface area contributed by atoms with Gasteiger partial charge in [-0.3, -0.25) is 5.10 Å². The zero-order chi connectivity index (χ0) is 11.7. The second-order valence-corrected chi connectivity index (χ2v) is 4.58. The van der Waals surface area contributed by atoms with Crippen molar-refractivity contribution in [3.05, 3.63) is 35.2 Å². The van der Waals surface area contributed by atoms with Crippen molar-refractivity contribution in [1.29, 1.82) is 0 Å². The normalized spacial score (nSPS) is 11.1. The van der Waals surface area contributed by atoms with Gasteiger partial charge >= 0.3 is 0 Å². The van der Waals surface area contributed by atoms with Crippen LogP contribution in [0.4, 0.5) is 0 Å². The van der Waals surface area contributed by atoms with Crippen LogP contribution in [0, 0.1) is 13.8 Å². The predicted molar refractivity (Wildman–Crippen MR) is 65.4 cm³/mol. The summed E-state index contributed by atoms with van der Waals surface area (Å²) in [7, 11) is 0. The van der Waals surface area contributed by atoms with Crippen molar-refractivity contribution in [2.45, 2.75) is 33.6 Å². The molecule has 0 unspecified atom stereocenters. The minimum atomic E-state index is 0.382. The van der Waals surface area contributed by atoms with Crippen LogP contribution in [-0.2, 0) is 0 Å². The van der Waals surface area contributed by atoms with Crippen molar-refractivity contribution in [2.24, 2.45) is 0 Å². The lowest BCUT2D eigenvalue weighted by Gasteiger charge is -2.00. The third kappa shape index (κ3) is 2.13. The van der Waals surface area contributed by atoms with E-state index < -0.39 is 0 Å². The number of aromatic amines is 1. The van der Waals surface area contributed by atoms with Gasteiger partial charge in [-0.15, -0.1) is 0 Å². The number of nitrogens with zero attached hydrogens (tertiary/aromatic N) is 2. The van der Waals surface area contributed by atoms with E-state index in [4.69, 9.17) is 0 Å². The van der Waals surface area contributed by atoms with Crippen LogP contribution in [0.1, 0.15) is 36.7 Å². The number of aryl methyl sites for hydroxylation is 2. The van der Waals surface area contributed by atoms with Crippen molar-refractivity contribution >= 4 is 0 Å². The van der Waals surface area contributed by atoms with Crippen LogP contribution in [0.5, 0.6) is 0 Å². The molecular weight excluding hydrogens is 198 g/mol. The van der Waals surface area contributed by atoms with E-state index in [0.717, 1.165) is 17.2 Å². The van der Waals surface area contributed by atoms with Crippen LogP contribution in [0.2, 0.25) is 0 Å². The summed E-state index contributed by atoms with van der Waals surface area (Å²) in [5, 5.41) is 7.24. The summed E-state index contributed by atoms with van der Waals surface area (Å²) < 4.78 is 0. The maximum absolute atomic E-state index is 4.50. The summed E-state index contributed by atoms with van der Waals surface area (Å²) in [6.45, 7) is 8.39. The Bertz CT molecular complexity index is 477. The second kappa shape index (κ2) is 4.08. The van der Waals surface area contributed by atoms with Gasteiger partial charge in [0, 0.05) is 11.5 Å². The Kier molecular flexibility index (Phi) is 2.77. The summed E-state index contributed by atoms with van der Waals surface area (Å²) in [6.07, 6.45) is 0. The molecule has 0 radical (unpaired) electrons. The minimum absolute atomic E-state index is 0.382. The number of rotatable bonds is 2. The van der Waals surface area contributed by atoms with E-state index in [2.05, 4.69) is 61.1 Å². The fraction of sp³-hybridized carbons (Fsp3) is 0.385. The molecule has 0 bridgehead atoms. The SMILES string of the molecule is Cc1cc(C)cc(-c2n[nH]c(C(C)C)n2)c1. The van der Waals surface area contributed by atoms with Crippen LogP contribution >= 0.6 is 0 Å². The Morgan fingerprint density at radius 2 is 1.69 bits per heavy atom. The molecule has 84 valence electrons. The van der Waals surface area contributed by atoms with Gasteiger partial charge in [0.25, 0.3) is 0 Å². The number of benzene rings is 1. The molecule has 1 heterocycles. The van der Waals surface area contributed by atoms with Crippen molar-refractivity contribution in [1.82, 2.24) is 15.2 Å². The largest absolute Gasteiger partial charge is 0.262 e. The van der Waals surface area contributed by atoms with Gasteiger partial charge in [0.05, 0.1) is 0 Å². The predicted octanol–water partition coefficient (Wildman–Crippen LogP) is 3.21. The quantitative estimate of drug-likeness (QED) is 0.835. The van der Waals surface area contributed by atoms with E-state index >= 15 is 0 Å². The second-order valence-electron chi connectivity index (χ2n) is 4.58. The van der Waals surface area contributed by atoms with Crippen molar-refractivity contribution in [2.75, 3.05) is 0 Å². The summed E-state index contributed by atoms with van der Waals surface area (Å²) in [4.78, 5) is 4.50. The minimum Gasteiger partial charge on any atom is -0.262 e. The van der Waals surface area contributed by atoms with E-state index in [0.29, 0.717) is 5.92 Å². The highest BCUT2D eigenvalue weighted by molar-refractivity contribution is 5.57. The van der Waals surface area contributed by atoms with Crippen LogP contribution in [-0.4, -0.2) is 15.2 Å². The molecule has 3 heteroatoms. The highest BCUT2D eigenvalue weighted by Crippen LogP contribution is 2.20. The molecular formula is C13H17N3. The summed E-state index contributed by atoms with van der Waals surface area (Å²) in [5.41, 5.74) is 3.57. The third-order valence-electron chi connectivity index (χ3n) is 2.53. The lowest BCUT2D eigenvalue weighted by Crippen LogP contribution is -1.89. The van der Waals surface area contributed by atoms with Crippen LogP contribution in [0.25, 0.3) is 11.4 Å². The molecule has 0 spiro atoms. The smallest absolute Gasteiger partial charge is 0.181 e. The van der Waals surface area contributed by atoms with Gasteiger partial charge in [-0.05, 0) is 26.0 Å². The number of H-pyrrole nitrogens is 1. The number of nitrogens with one attached hydrogen (secondary N) is 1. The molecule has 0 aliphatic rings. The zero-order valence-corrected chi connectivity index (χ0v) is 10.2. The molecule has 1 aromatic heterocycles. The van der Waals surface area contributed by atoms with Gasteiger partial charge in [-0.1, -0.05) is 31.0 Å². The first-order valence-corrected chi connectivity index (χ1v) is 5.57. The Hall–Kier alpha value is -1.64. The van der Waals surface area contributed by atoms with E-state index in [-0.39, 0.29) is 0 Å². The van der Waals surface area contributed by atoms with E-state index in [1.54, 1.807) is 0 Å². The van der Waals surface area contributed by atoms with Crippen LogP contribution in [0.3, 0.4) is 0 Å². The molecule has 0 amide bonds. The van der Waals surface area contributed by atoms with Gasteiger partial charge in [-0.25, -0.2) is 4.98 Å². The highest BCUT2D eigenvalue weighted by atomic mass is 15.2. The molecule has 1 N–H and O–H groups in total. The van der Waals surface area contributed by atoms with Gasteiger partial charge < -0.3 is 0 Å². The first-order chi connectivity index (χ1) is 7.56. The van der Waals surface area contributed by atoms with Crippen molar-refractivity contribution < 1.29 is 0 Å². The van der Waals surface area contributed by atoms with Gasteiger partial charge in [0.15, 0.2) is 5.82 Å². The summed E-state index contributed by atoms with van der Waals surface area (Å²) in [5.74, 6) is 2.11. The maximum atomic E-state index is 4.50. The molecule has 0 fully saturated rings. The molecule has 0 aliphatic heterocycles. The first kappa shape index (κ1) is 10.9. The third-order valence-corrected chi connectivity index (χ3v) is 2.53. The first-order valence-electron chi connectivity index (χ1n) is 5.57. The lowest BCUT2D eigenvalue weighted by atomic mass is 10.1. The van der Waals surface area contributed by atoms with Gasteiger partial charge in [0.2, 0.25) is 0 Å². The Morgan fingerprint density at radius 3 is 2.19 bits per heavy atom. The Labute approximate surface area is 95.9 Å². The van der Waals surface area contributed by atoms with Gasteiger partial charge in [0.1, 0.15) is 5.82 Å². The molecule has 0 saturated carbocycles. The number of hydrogen-bond donors (Lipinski definition) is 1. The Balaban J connectivity index is 2.42. The summed E-state index contributed by atoms with van der Waals surface area (Å²) >= 11 is 0. The molecule has 1 aromatic carbocycles. The molecule has 16 heavy (non-hydrogen) atoms. The van der Waals surface area contributed by atoms with Crippen molar-refractivity contribution in [3.63, 3.8) is 0 Å². The highest BCUT2D eigenvalue weighted by Gasteiger charge is 2.08. The maximum Gasteiger partial charge on any atom is 0.181 e. The number of hydrogen-bond acceptors (Lipinski definition) is 2. The fourth-order valence-electron chi connectivity index (χ4n) is 1.77. The Morgan fingerprint density at radius 1 is 1.06 bits per heavy atom. The molecule has 0 saturated heterocycles. The topological polar surface area (TPSA) is 41.6 Å². The molecule has 0 atom stereocenters. The van der Waals surface area contributed by atoms with Crippen LogP contribution < -0.4 is 0 Å². The molecule has 0 aliphatic carbocycles. The van der Waals surface area contributed by atoms with E-state index in [9.17, 15) is 0 Å². The molecule has 3 nitrogen and oxygen atoms in total. The number of aromatic nitrogens is 3. The monoisotopic (exact) mass is 215 g/mol. The van der Waals surface area contributed by atoms with E-state index in [1.807, 2.05) is 0 Å². The average molecular weight is 215 g/mol. The van der Waals surface area contributed by atoms with Crippen LogP contribution in [0.15, 0.2) is 18.2 Å². The molecule has 2 aromatic rings. The van der Waals surface area contributed by atoms with Gasteiger partial charge in [-0.2, -0.15) is 5.10 Å². The van der Waals surface area contributed by atoms with Crippen molar-refractivity contribution in [3.8, 4) is 11.4 Å². The summed E-state index contributed by atoms with van der Waals surface area (Å²) in [6, 6.07) is 6.38.